The lowest BCUT2D eigenvalue weighted by molar-refractivity contribution is -0.138. The minimum absolute atomic E-state index is 0.0747. The van der Waals surface area contributed by atoms with Gasteiger partial charge < -0.3 is 9.47 Å². The zero-order valence-corrected chi connectivity index (χ0v) is 13.6. The molecule has 0 unspecified atom stereocenters. The lowest BCUT2D eigenvalue weighted by atomic mass is 10.1. The van der Waals surface area contributed by atoms with Crippen LogP contribution in [0.4, 0.5) is 0 Å². The summed E-state index contributed by atoms with van der Waals surface area (Å²) in [5.41, 5.74) is 1.00. The van der Waals surface area contributed by atoms with Gasteiger partial charge in [0.05, 0.1) is 7.11 Å². The lowest BCUT2D eigenvalue weighted by Crippen LogP contribution is -2.40. The molecule has 0 atom stereocenters. The first kappa shape index (κ1) is 17.2. The van der Waals surface area contributed by atoms with Crippen molar-refractivity contribution >= 4 is 12.0 Å². The molecule has 0 spiro atoms. The Kier molecular flexibility index (Phi) is 6.43. The van der Waals surface area contributed by atoms with Crippen LogP contribution in [0.5, 0.6) is 5.75 Å². The van der Waals surface area contributed by atoms with Crippen LogP contribution >= 0.6 is 0 Å². The van der Waals surface area contributed by atoms with Crippen molar-refractivity contribution < 1.29 is 14.3 Å². The van der Waals surface area contributed by atoms with Crippen molar-refractivity contribution in [3.63, 3.8) is 0 Å². The Balaban J connectivity index is 2.37. The number of benzene rings is 1. The van der Waals surface area contributed by atoms with Gasteiger partial charge in [-0.25, -0.2) is 4.79 Å². The second-order valence-corrected chi connectivity index (χ2v) is 5.87. The van der Waals surface area contributed by atoms with E-state index in [-0.39, 0.29) is 11.5 Å². The van der Waals surface area contributed by atoms with Crippen LogP contribution in [0.25, 0.3) is 6.08 Å². The molecule has 116 valence electrons. The standard InChI is InChI=1S/C17H25NO3/c1-17(2,3)18(4)12-13-21-16(19)11-8-14-6-9-15(20-5)10-7-14/h6-11H,12-13H2,1-5H3/b11-8+. The van der Waals surface area contributed by atoms with Crippen molar-refractivity contribution in [2.75, 3.05) is 27.3 Å². The number of carbonyl (C=O) groups excluding carboxylic acids is 1. The van der Waals surface area contributed by atoms with E-state index in [4.69, 9.17) is 9.47 Å². The Bertz CT molecular complexity index is 472. The molecule has 4 nitrogen and oxygen atoms in total. The molecule has 0 saturated heterocycles. The predicted octanol–water partition coefficient (Wildman–Crippen LogP) is 2.98. The third kappa shape index (κ3) is 6.45. The minimum Gasteiger partial charge on any atom is -0.497 e. The van der Waals surface area contributed by atoms with Gasteiger partial charge in [0.2, 0.25) is 0 Å². The fraction of sp³-hybridized carbons (Fsp3) is 0.471. The second-order valence-electron chi connectivity index (χ2n) is 5.87. The Morgan fingerprint density at radius 3 is 2.38 bits per heavy atom. The number of likely N-dealkylation sites (N-methyl/N-ethyl adjacent to an activating group) is 1. The number of hydrogen-bond acceptors (Lipinski definition) is 4. The van der Waals surface area contributed by atoms with E-state index in [0.717, 1.165) is 11.3 Å². The van der Waals surface area contributed by atoms with Gasteiger partial charge in [0.15, 0.2) is 0 Å². The summed E-state index contributed by atoms with van der Waals surface area (Å²) in [6.07, 6.45) is 3.17. The molecule has 0 amide bonds. The highest BCUT2D eigenvalue weighted by Crippen LogP contribution is 2.12. The number of rotatable bonds is 6. The number of esters is 1. The topological polar surface area (TPSA) is 38.8 Å². The fourth-order valence-corrected chi connectivity index (χ4v) is 1.55. The van der Waals surface area contributed by atoms with Crippen LogP contribution in [0.15, 0.2) is 30.3 Å². The number of methoxy groups -OCH3 is 1. The number of carbonyl (C=O) groups is 1. The van der Waals surface area contributed by atoms with Gasteiger partial charge in [0.25, 0.3) is 0 Å². The van der Waals surface area contributed by atoms with Crippen molar-refractivity contribution in [1.29, 1.82) is 0 Å². The van der Waals surface area contributed by atoms with E-state index in [1.807, 2.05) is 31.3 Å². The van der Waals surface area contributed by atoms with Crippen LogP contribution < -0.4 is 4.74 Å². The van der Waals surface area contributed by atoms with E-state index in [2.05, 4.69) is 25.7 Å². The Hall–Kier alpha value is -1.81. The van der Waals surface area contributed by atoms with Crippen LogP contribution in [-0.4, -0.2) is 43.7 Å². The second kappa shape index (κ2) is 7.84. The van der Waals surface area contributed by atoms with Crippen LogP contribution in [0.1, 0.15) is 26.3 Å². The molecule has 1 rings (SSSR count). The Morgan fingerprint density at radius 2 is 1.86 bits per heavy atom. The van der Waals surface area contributed by atoms with E-state index < -0.39 is 0 Å². The molecule has 4 heteroatoms. The zero-order valence-electron chi connectivity index (χ0n) is 13.6. The first-order valence-electron chi connectivity index (χ1n) is 7.03. The lowest BCUT2D eigenvalue weighted by Gasteiger charge is -2.31. The highest BCUT2D eigenvalue weighted by Gasteiger charge is 2.16. The SMILES string of the molecule is COc1ccc(/C=C/C(=O)OCCN(C)C(C)(C)C)cc1. The summed E-state index contributed by atoms with van der Waals surface area (Å²) < 4.78 is 10.3. The highest BCUT2D eigenvalue weighted by molar-refractivity contribution is 5.87. The van der Waals surface area contributed by atoms with Crippen LogP contribution in [0.2, 0.25) is 0 Å². The van der Waals surface area contributed by atoms with Gasteiger partial charge in [-0.1, -0.05) is 12.1 Å². The van der Waals surface area contributed by atoms with Gasteiger partial charge in [0.1, 0.15) is 12.4 Å². The van der Waals surface area contributed by atoms with Crippen molar-refractivity contribution in [2.45, 2.75) is 26.3 Å². The molecular weight excluding hydrogens is 266 g/mol. The van der Waals surface area contributed by atoms with E-state index >= 15 is 0 Å². The molecule has 0 fully saturated rings. The molecule has 0 saturated carbocycles. The van der Waals surface area contributed by atoms with Gasteiger partial charge in [-0.05, 0) is 51.6 Å². The first-order chi connectivity index (χ1) is 9.82. The highest BCUT2D eigenvalue weighted by atomic mass is 16.5. The number of nitrogens with zero attached hydrogens (tertiary/aromatic N) is 1. The van der Waals surface area contributed by atoms with Crippen LogP contribution in [0.3, 0.4) is 0 Å². The van der Waals surface area contributed by atoms with Gasteiger partial charge in [-0.3, -0.25) is 4.90 Å². The largest absolute Gasteiger partial charge is 0.497 e. The molecule has 21 heavy (non-hydrogen) atoms. The van der Waals surface area contributed by atoms with Gasteiger partial charge in [0, 0.05) is 18.2 Å². The first-order valence-corrected chi connectivity index (χ1v) is 7.03. The van der Waals surface area contributed by atoms with Crippen molar-refractivity contribution in [1.82, 2.24) is 4.90 Å². The molecule has 0 aromatic heterocycles. The van der Waals surface area contributed by atoms with Crippen molar-refractivity contribution in [3.8, 4) is 5.75 Å². The van der Waals surface area contributed by atoms with E-state index in [1.165, 1.54) is 6.08 Å². The van der Waals surface area contributed by atoms with E-state index in [0.29, 0.717) is 13.2 Å². The summed E-state index contributed by atoms with van der Waals surface area (Å²) in [7, 11) is 3.64. The summed E-state index contributed by atoms with van der Waals surface area (Å²) in [5.74, 6) is 0.466. The molecule has 0 aliphatic carbocycles. The maximum atomic E-state index is 11.6. The summed E-state index contributed by atoms with van der Waals surface area (Å²) >= 11 is 0. The molecule has 0 N–H and O–H groups in total. The van der Waals surface area contributed by atoms with Gasteiger partial charge in [-0.2, -0.15) is 0 Å². The summed E-state index contributed by atoms with van der Waals surface area (Å²) in [4.78, 5) is 13.8. The summed E-state index contributed by atoms with van der Waals surface area (Å²) in [6, 6.07) is 7.47. The predicted molar refractivity (Wildman–Crippen MR) is 85.4 cm³/mol. The average Bonchev–Trinajstić information content (AvgIpc) is 2.44. The van der Waals surface area contributed by atoms with Crippen molar-refractivity contribution in [2.24, 2.45) is 0 Å². The zero-order chi connectivity index (χ0) is 15.9. The molecule has 1 aromatic carbocycles. The van der Waals surface area contributed by atoms with Crippen LogP contribution in [0, 0.1) is 0 Å². The normalized spacial score (nSPS) is 11.9. The maximum absolute atomic E-state index is 11.6. The third-order valence-corrected chi connectivity index (χ3v) is 3.34. The minimum atomic E-state index is -0.326. The van der Waals surface area contributed by atoms with E-state index in [9.17, 15) is 4.79 Å². The smallest absolute Gasteiger partial charge is 0.330 e. The van der Waals surface area contributed by atoms with Gasteiger partial charge >= 0.3 is 5.97 Å². The quantitative estimate of drug-likeness (QED) is 0.596. The van der Waals surface area contributed by atoms with Gasteiger partial charge in [-0.15, -0.1) is 0 Å². The Labute approximate surface area is 127 Å². The maximum Gasteiger partial charge on any atom is 0.330 e. The third-order valence-electron chi connectivity index (χ3n) is 3.34. The molecule has 0 bridgehead atoms. The monoisotopic (exact) mass is 291 g/mol. The molecule has 0 radical (unpaired) electrons. The van der Waals surface area contributed by atoms with Crippen LogP contribution in [-0.2, 0) is 9.53 Å². The molecule has 0 aliphatic heterocycles. The fourth-order valence-electron chi connectivity index (χ4n) is 1.55. The van der Waals surface area contributed by atoms with Crippen molar-refractivity contribution in [3.05, 3.63) is 35.9 Å². The molecular formula is C17H25NO3. The summed E-state index contributed by atoms with van der Waals surface area (Å²) in [5, 5.41) is 0. The average molecular weight is 291 g/mol. The van der Waals surface area contributed by atoms with E-state index in [1.54, 1.807) is 13.2 Å². The number of ether oxygens (including phenoxy) is 2. The molecule has 0 heterocycles. The molecule has 0 aliphatic rings. The summed E-state index contributed by atoms with van der Waals surface area (Å²) in [6.45, 7) is 7.47. The number of hydrogen-bond donors (Lipinski definition) is 0. The Morgan fingerprint density at radius 1 is 1.24 bits per heavy atom. The molecule has 1 aromatic rings.